The van der Waals surface area contributed by atoms with Crippen molar-refractivity contribution in [3.05, 3.63) is 64.9 Å². The van der Waals surface area contributed by atoms with E-state index in [1.54, 1.807) is 18.2 Å². The fourth-order valence-corrected chi connectivity index (χ4v) is 4.40. The number of methoxy groups -OCH3 is 3. The number of rotatable bonds is 7. The monoisotopic (exact) mass is 450 g/mol. The smallest absolute Gasteiger partial charge is 0.295 e. The second-order valence-corrected chi connectivity index (χ2v) is 7.76. The minimum Gasteiger partial charge on any atom is -0.507 e. The lowest BCUT2D eigenvalue weighted by molar-refractivity contribution is -0.140. The molecule has 4 rings (SSSR count). The van der Waals surface area contributed by atoms with Crippen LogP contribution in [0.5, 0.6) is 11.5 Å². The van der Waals surface area contributed by atoms with E-state index in [4.69, 9.17) is 14.2 Å². The van der Waals surface area contributed by atoms with Gasteiger partial charge in [0.05, 0.1) is 38.0 Å². The molecule has 1 fully saturated rings. The summed E-state index contributed by atoms with van der Waals surface area (Å²) in [6.45, 7) is 2.32. The van der Waals surface area contributed by atoms with Crippen LogP contribution in [0.15, 0.2) is 48.0 Å². The van der Waals surface area contributed by atoms with Crippen LogP contribution in [0.3, 0.4) is 0 Å². The van der Waals surface area contributed by atoms with Crippen molar-refractivity contribution in [3.63, 3.8) is 0 Å². The molecule has 2 heterocycles. The fourth-order valence-electron chi connectivity index (χ4n) is 4.40. The Balaban J connectivity index is 2.00. The van der Waals surface area contributed by atoms with E-state index in [2.05, 4.69) is 4.98 Å². The Morgan fingerprint density at radius 1 is 1.09 bits per heavy atom. The van der Waals surface area contributed by atoms with Crippen LogP contribution in [0, 0.1) is 6.92 Å². The molecule has 1 atom stereocenters. The molecule has 0 aliphatic carbocycles. The van der Waals surface area contributed by atoms with Crippen LogP contribution in [0.2, 0.25) is 0 Å². The quantitative estimate of drug-likeness (QED) is 0.324. The molecular weight excluding hydrogens is 424 g/mol. The van der Waals surface area contributed by atoms with Crippen molar-refractivity contribution >= 4 is 28.4 Å². The highest BCUT2D eigenvalue weighted by Crippen LogP contribution is 2.44. The number of para-hydroxylation sites is 1. The number of likely N-dealkylation sites (tertiary alicyclic amines) is 1. The Kier molecular flexibility index (Phi) is 6.11. The zero-order valence-corrected chi connectivity index (χ0v) is 19.0. The highest BCUT2D eigenvalue weighted by molar-refractivity contribution is 6.46. The van der Waals surface area contributed by atoms with E-state index < -0.39 is 17.7 Å². The average Bonchev–Trinajstić information content (AvgIpc) is 3.28. The average molecular weight is 450 g/mol. The van der Waals surface area contributed by atoms with Gasteiger partial charge in [-0.15, -0.1) is 0 Å². The summed E-state index contributed by atoms with van der Waals surface area (Å²) < 4.78 is 15.9. The third-order valence-corrected chi connectivity index (χ3v) is 5.95. The molecule has 1 aliphatic rings. The van der Waals surface area contributed by atoms with Gasteiger partial charge in [0.25, 0.3) is 11.7 Å². The first-order chi connectivity index (χ1) is 15.9. The van der Waals surface area contributed by atoms with Crippen molar-refractivity contribution in [2.75, 3.05) is 34.5 Å². The Labute approximate surface area is 191 Å². The van der Waals surface area contributed by atoms with Gasteiger partial charge in [0, 0.05) is 35.8 Å². The van der Waals surface area contributed by atoms with Gasteiger partial charge in [-0.2, -0.15) is 0 Å². The molecule has 2 N–H and O–H groups in total. The van der Waals surface area contributed by atoms with E-state index in [0.717, 1.165) is 22.2 Å². The van der Waals surface area contributed by atoms with E-state index in [9.17, 15) is 14.7 Å². The third-order valence-electron chi connectivity index (χ3n) is 5.95. The first-order valence-corrected chi connectivity index (χ1v) is 10.5. The van der Waals surface area contributed by atoms with Gasteiger partial charge in [0.15, 0.2) is 0 Å². The Morgan fingerprint density at radius 3 is 2.55 bits per heavy atom. The molecule has 0 spiro atoms. The number of Topliss-reactive ketones (excluding diaryl/α,β-unsaturated/α-hetero) is 1. The largest absolute Gasteiger partial charge is 0.507 e. The number of hydrogen-bond donors (Lipinski definition) is 2. The molecule has 1 unspecified atom stereocenters. The number of hydrogen-bond acceptors (Lipinski definition) is 6. The Hall–Kier alpha value is -3.78. The molecule has 0 saturated carbocycles. The molecule has 2 aromatic carbocycles. The Bertz CT molecular complexity index is 1260. The number of H-pyrrole nitrogens is 1. The molecular formula is C25H26N2O6. The van der Waals surface area contributed by atoms with Crippen LogP contribution >= 0.6 is 0 Å². The molecule has 8 heteroatoms. The van der Waals surface area contributed by atoms with Crippen molar-refractivity contribution in [2.45, 2.75) is 13.0 Å². The second-order valence-electron chi connectivity index (χ2n) is 7.76. The number of fused-ring (bicyclic) bond motifs is 1. The van der Waals surface area contributed by atoms with E-state index in [-0.39, 0.29) is 30.0 Å². The zero-order chi connectivity index (χ0) is 23.7. The van der Waals surface area contributed by atoms with Crippen LogP contribution < -0.4 is 9.47 Å². The van der Waals surface area contributed by atoms with Gasteiger partial charge in [-0.3, -0.25) is 9.59 Å². The van der Waals surface area contributed by atoms with E-state index >= 15 is 0 Å². The summed E-state index contributed by atoms with van der Waals surface area (Å²) in [5.41, 5.74) is 2.69. The number of aromatic nitrogens is 1. The number of nitrogens with zero attached hydrogens (tertiary/aromatic N) is 1. The number of carbonyl (C=O) groups is 2. The molecule has 172 valence electrons. The second kappa shape index (κ2) is 8.99. The van der Waals surface area contributed by atoms with Crippen molar-refractivity contribution < 1.29 is 28.9 Å². The van der Waals surface area contributed by atoms with Gasteiger partial charge in [-0.1, -0.05) is 18.2 Å². The number of nitrogens with one attached hydrogen (secondary N) is 1. The zero-order valence-electron chi connectivity index (χ0n) is 19.0. The van der Waals surface area contributed by atoms with Gasteiger partial charge in [0.2, 0.25) is 0 Å². The van der Waals surface area contributed by atoms with Crippen LogP contribution in [0.4, 0.5) is 0 Å². The highest BCUT2D eigenvalue weighted by Gasteiger charge is 2.47. The standard InChI is InChI=1S/C25H26N2O6/c1-14-20(16-7-5-6-8-18(16)26-14)22-21(24(29)25(30)27(22)11-12-31-2)23(28)17-13-15(32-3)9-10-19(17)33-4/h5-10,13,22,26,28H,11-12H2,1-4H3/b23-21+. The molecule has 3 aromatic rings. The summed E-state index contributed by atoms with van der Waals surface area (Å²) in [6.07, 6.45) is 0. The third kappa shape index (κ3) is 3.72. The summed E-state index contributed by atoms with van der Waals surface area (Å²) >= 11 is 0. The molecule has 1 aliphatic heterocycles. The van der Waals surface area contributed by atoms with Gasteiger partial charge >= 0.3 is 0 Å². The van der Waals surface area contributed by atoms with E-state index in [0.29, 0.717) is 11.5 Å². The first-order valence-electron chi connectivity index (χ1n) is 10.5. The van der Waals surface area contributed by atoms with E-state index in [1.165, 1.54) is 26.2 Å². The van der Waals surface area contributed by atoms with Gasteiger partial charge in [-0.25, -0.2) is 0 Å². The predicted molar refractivity (Wildman–Crippen MR) is 123 cm³/mol. The minimum atomic E-state index is -0.799. The van der Waals surface area contributed by atoms with Crippen molar-refractivity contribution in [1.82, 2.24) is 9.88 Å². The van der Waals surface area contributed by atoms with Gasteiger partial charge < -0.3 is 29.2 Å². The minimum absolute atomic E-state index is 0.00416. The summed E-state index contributed by atoms with van der Waals surface area (Å²) in [7, 11) is 4.51. The molecule has 1 saturated heterocycles. The highest BCUT2D eigenvalue weighted by atomic mass is 16.5. The van der Waals surface area contributed by atoms with Crippen LogP contribution in [0.25, 0.3) is 16.7 Å². The van der Waals surface area contributed by atoms with Crippen LogP contribution in [0.1, 0.15) is 22.9 Å². The molecule has 1 aromatic heterocycles. The maximum Gasteiger partial charge on any atom is 0.295 e. The number of aryl methyl sites for hydroxylation is 1. The summed E-state index contributed by atoms with van der Waals surface area (Å²) in [6, 6.07) is 11.8. The van der Waals surface area contributed by atoms with Crippen molar-refractivity contribution in [2.24, 2.45) is 0 Å². The number of amides is 1. The number of ketones is 1. The number of carbonyl (C=O) groups excluding carboxylic acids is 2. The van der Waals surface area contributed by atoms with Crippen molar-refractivity contribution in [1.29, 1.82) is 0 Å². The maximum atomic E-state index is 13.3. The normalized spacial score (nSPS) is 17.7. The summed E-state index contributed by atoms with van der Waals surface area (Å²) in [5, 5.41) is 12.3. The number of aromatic amines is 1. The summed E-state index contributed by atoms with van der Waals surface area (Å²) in [4.78, 5) is 31.1. The fraction of sp³-hybridized carbons (Fsp3) is 0.280. The lowest BCUT2D eigenvalue weighted by Gasteiger charge is -2.25. The van der Waals surface area contributed by atoms with Crippen LogP contribution in [-0.4, -0.2) is 61.2 Å². The molecule has 8 nitrogen and oxygen atoms in total. The predicted octanol–water partition coefficient (Wildman–Crippen LogP) is 3.56. The van der Waals surface area contributed by atoms with Crippen molar-refractivity contribution in [3.8, 4) is 11.5 Å². The molecule has 1 amide bonds. The number of aliphatic hydroxyl groups excluding tert-OH is 1. The van der Waals surface area contributed by atoms with E-state index in [1.807, 2.05) is 31.2 Å². The Morgan fingerprint density at radius 2 is 1.85 bits per heavy atom. The molecule has 0 radical (unpaired) electrons. The number of ether oxygens (including phenoxy) is 3. The van der Waals surface area contributed by atoms with Crippen LogP contribution in [-0.2, 0) is 14.3 Å². The SMILES string of the molecule is COCCN1C(=O)C(=O)/C(=C(/O)c2cc(OC)ccc2OC)C1c1c(C)[nH]c2ccccc12. The first kappa shape index (κ1) is 22.4. The lowest BCUT2D eigenvalue weighted by atomic mass is 9.93. The summed E-state index contributed by atoms with van der Waals surface area (Å²) in [5.74, 6) is -0.941. The van der Waals surface area contributed by atoms with Gasteiger partial charge in [-0.05, 0) is 31.2 Å². The maximum absolute atomic E-state index is 13.3. The molecule has 0 bridgehead atoms. The molecule has 33 heavy (non-hydrogen) atoms. The number of aliphatic hydroxyl groups is 1. The van der Waals surface area contributed by atoms with Gasteiger partial charge in [0.1, 0.15) is 17.3 Å². The number of benzene rings is 2. The lowest BCUT2D eigenvalue weighted by Crippen LogP contribution is -2.32. The topological polar surface area (TPSA) is 101 Å².